The van der Waals surface area contributed by atoms with E-state index in [1.807, 2.05) is 0 Å². The highest BCUT2D eigenvalue weighted by Gasteiger charge is 2.29. The van der Waals surface area contributed by atoms with E-state index in [9.17, 15) is 0 Å². The van der Waals surface area contributed by atoms with Crippen LogP contribution in [0.3, 0.4) is 0 Å². The fraction of sp³-hybridized carbons (Fsp3) is 1.00. The summed E-state index contributed by atoms with van der Waals surface area (Å²) in [6, 6.07) is 0. The average Bonchev–Trinajstić information content (AvgIpc) is 2.64. The Morgan fingerprint density at radius 2 is 1.67 bits per heavy atom. The minimum Gasteiger partial charge on any atom is -0.382 e. The van der Waals surface area contributed by atoms with Gasteiger partial charge >= 0.3 is 0 Å². The Kier molecular flexibility index (Phi) is 8.59. The van der Waals surface area contributed by atoms with Crippen LogP contribution < -0.4 is 5.73 Å². The maximum Gasteiger partial charge on any atom is 0.0804 e. The van der Waals surface area contributed by atoms with Gasteiger partial charge in [0.2, 0.25) is 0 Å². The number of nitrogens with two attached hydrogens (primary N) is 1. The van der Waals surface area contributed by atoms with E-state index in [0.29, 0.717) is 19.8 Å². The van der Waals surface area contributed by atoms with Gasteiger partial charge in [-0.3, -0.25) is 0 Å². The van der Waals surface area contributed by atoms with Crippen molar-refractivity contribution in [2.75, 3.05) is 40.1 Å². The van der Waals surface area contributed by atoms with Gasteiger partial charge in [-0.1, -0.05) is 25.7 Å². The molecule has 0 aromatic heterocycles. The van der Waals surface area contributed by atoms with E-state index in [-0.39, 0.29) is 5.60 Å². The maximum atomic E-state index is 6.07. The third-order valence-corrected chi connectivity index (χ3v) is 3.66. The Morgan fingerprint density at radius 1 is 0.944 bits per heavy atom. The van der Waals surface area contributed by atoms with Gasteiger partial charge in [0.05, 0.1) is 18.8 Å². The van der Waals surface area contributed by atoms with Gasteiger partial charge in [-0.05, 0) is 19.3 Å². The van der Waals surface area contributed by atoms with Crippen molar-refractivity contribution in [2.24, 2.45) is 5.73 Å². The lowest BCUT2D eigenvalue weighted by atomic mass is 9.94. The third kappa shape index (κ3) is 6.14. The van der Waals surface area contributed by atoms with Crippen LogP contribution in [0.2, 0.25) is 0 Å². The molecule has 1 aliphatic carbocycles. The molecule has 2 N–H and O–H groups in total. The second-order valence-corrected chi connectivity index (χ2v) is 5.11. The van der Waals surface area contributed by atoms with Gasteiger partial charge in [-0.15, -0.1) is 0 Å². The summed E-state index contributed by atoms with van der Waals surface area (Å²) < 4.78 is 16.4. The van der Waals surface area contributed by atoms with Crippen LogP contribution in [0.1, 0.15) is 44.9 Å². The van der Waals surface area contributed by atoms with Gasteiger partial charge in [0, 0.05) is 26.9 Å². The molecule has 0 aromatic rings. The van der Waals surface area contributed by atoms with E-state index in [2.05, 4.69) is 0 Å². The Hall–Kier alpha value is -0.160. The SMILES string of the molecule is COCCOCCCOC1(CN)CCCCCC1. The minimum absolute atomic E-state index is 0.0525. The summed E-state index contributed by atoms with van der Waals surface area (Å²) in [5.74, 6) is 0. The second kappa shape index (κ2) is 9.73. The standard InChI is InChI=1S/C14H29NO3/c1-16-11-12-17-9-6-10-18-14(13-15)7-4-2-3-5-8-14/h2-13,15H2,1H3. The third-order valence-electron chi connectivity index (χ3n) is 3.66. The molecule has 0 heterocycles. The highest BCUT2D eigenvalue weighted by atomic mass is 16.5. The molecular weight excluding hydrogens is 230 g/mol. The van der Waals surface area contributed by atoms with Gasteiger partial charge in [-0.2, -0.15) is 0 Å². The highest BCUT2D eigenvalue weighted by molar-refractivity contribution is 4.84. The van der Waals surface area contributed by atoms with Crippen LogP contribution in [0.5, 0.6) is 0 Å². The molecule has 1 aliphatic rings. The van der Waals surface area contributed by atoms with Crippen molar-refractivity contribution >= 4 is 0 Å². The molecule has 4 nitrogen and oxygen atoms in total. The predicted octanol–water partition coefficient (Wildman–Crippen LogP) is 2.11. The van der Waals surface area contributed by atoms with Crippen LogP contribution in [0.15, 0.2) is 0 Å². The van der Waals surface area contributed by atoms with Crippen LogP contribution in [-0.4, -0.2) is 45.7 Å². The summed E-state index contributed by atoms with van der Waals surface area (Å²) in [6.07, 6.45) is 8.33. The molecule has 108 valence electrons. The Bertz CT molecular complexity index is 191. The van der Waals surface area contributed by atoms with Gasteiger partial charge in [0.1, 0.15) is 0 Å². The van der Waals surface area contributed by atoms with Crippen molar-refractivity contribution < 1.29 is 14.2 Å². The number of hydrogen-bond donors (Lipinski definition) is 1. The number of methoxy groups -OCH3 is 1. The molecule has 0 unspecified atom stereocenters. The Morgan fingerprint density at radius 3 is 2.28 bits per heavy atom. The summed E-state index contributed by atoms with van der Waals surface area (Å²) in [7, 11) is 1.68. The molecule has 0 bridgehead atoms. The van der Waals surface area contributed by atoms with E-state index < -0.39 is 0 Å². The monoisotopic (exact) mass is 259 g/mol. The quantitative estimate of drug-likeness (QED) is 0.509. The average molecular weight is 259 g/mol. The van der Waals surface area contributed by atoms with Crippen molar-refractivity contribution in [1.82, 2.24) is 0 Å². The zero-order chi connectivity index (χ0) is 13.1. The smallest absolute Gasteiger partial charge is 0.0804 e. The van der Waals surface area contributed by atoms with Crippen LogP contribution in [0, 0.1) is 0 Å². The molecule has 4 heteroatoms. The van der Waals surface area contributed by atoms with E-state index in [4.69, 9.17) is 19.9 Å². The number of hydrogen-bond acceptors (Lipinski definition) is 4. The highest BCUT2D eigenvalue weighted by Crippen LogP contribution is 2.29. The first-order valence-electron chi connectivity index (χ1n) is 7.24. The predicted molar refractivity (Wildman–Crippen MR) is 72.8 cm³/mol. The fourth-order valence-electron chi connectivity index (χ4n) is 2.47. The number of rotatable bonds is 9. The molecule has 1 saturated carbocycles. The van der Waals surface area contributed by atoms with Gasteiger partial charge in [-0.25, -0.2) is 0 Å². The lowest BCUT2D eigenvalue weighted by Gasteiger charge is -2.31. The zero-order valence-corrected chi connectivity index (χ0v) is 11.8. The lowest BCUT2D eigenvalue weighted by molar-refractivity contribution is -0.0570. The molecule has 0 aromatic carbocycles. The van der Waals surface area contributed by atoms with E-state index in [1.54, 1.807) is 7.11 Å². The fourth-order valence-corrected chi connectivity index (χ4v) is 2.47. The van der Waals surface area contributed by atoms with Crippen molar-refractivity contribution in [1.29, 1.82) is 0 Å². The first-order valence-corrected chi connectivity index (χ1v) is 7.24. The summed E-state index contributed by atoms with van der Waals surface area (Å²) in [6.45, 7) is 3.47. The summed E-state index contributed by atoms with van der Waals surface area (Å²) in [5.41, 5.74) is 5.86. The molecule has 0 atom stereocenters. The van der Waals surface area contributed by atoms with E-state index in [0.717, 1.165) is 32.5 Å². The molecular formula is C14H29NO3. The molecule has 18 heavy (non-hydrogen) atoms. The van der Waals surface area contributed by atoms with Gasteiger partial charge in [0.15, 0.2) is 0 Å². The molecule has 0 saturated heterocycles. The zero-order valence-electron chi connectivity index (χ0n) is 11.8. The van der Waals surface area contributed by atoms with Crippen molar-refractivity contribution in [3.05, 3.63) is 0 Å². The summed E-state index contributed by atoms with van der Waals surface area (Å²) in [4.78, 5) is 0. The first-order chi connectivity index (χ1) is 8.83. The second-order valence-electron chi connectivity index (χ2n) is 5.11. The van der Waals surface area contributed by atoms with Crippen molar-refractivity contribution in [3.8, 4) is 0 Å². The van der Waals surface area contributed by atoms with Crippen molar-refractivity contribution in [3.63, 3.8) is 0 Å². The molecule has 0 spiro atoms. The van der Waals surface area contributed by atoms with Gasteiger partial charge in [0.25, 0.3) is 0 Å². The molecule has 0 radical (unpaired) electrons. The van der Waals surface area contributed by atoms with Crippen LogP contribution in [0.25, 0.3) is 0 Å². The maximum absolute atomic E-state index is 6.07. The normalized spacial score (nSPS) is 19.7. The first kappa shape index (κ1) is 15.9. The number of ether oxygens (including phenoxy) is 3. The summed E-state index contributed by atoms with van der Waals surface area (Å²) in [5, 5.41) is 0. The summed E-state index contributed by atoms with van der Waals surface area (Å²) >= 11 is 0. The topological polar surface area (TPSA) is 53.7 Å². The molecule has 1 fully saturated rings. The Labute approximate surface area is 111 Å². The van der Waals surface area contributed by atoms with E-state index >= 15 is 0 Å². The lowest BCUT2D eigenvalue weighted by Crippen LogP contribution is -2.40. The van der Waals surface area contributed by atoms with Crippen molar-refractivity contribution in [2.45, 2.75) is 50.5 Å². The van der Waals surface area contributed by atoms with Crippen LogP contribution >= 0.6 is 0 Å². The van der Waals surface area contributed by atoms with Crippen LogP contribution in [-0.2, 0) is 14.2 Å². The molecule has 0 amide bonds. The molecule has 0 aliphatic heterocycles. The van der Waals surface area contributed by atoms with Gasteiger partial charge < -0.3 is 19.9 Å². The minimum atomic E-state index is -0.0525. The molecule has 1 rings (SSSR count). The Balaban J connectivity index is 2.10. The van der Waals surface area contributed by atoms with E-state index in [1.165, 1.54) is 25.7 Å². The van der Waals surface area contributed by atoms with Crippen LogP contribution in [0.4, 0.5) is 0 Å². The largest absolute Gasteiger partial charge is 0.382 e.